The normalized spacial score (nSPS) is 20.3. The summed E-state index contributed by atoms with van der Waals surface area (Å²) in [6, 6.07) is 8.00. The highest BCUT2D eigenvalue weighted by atomic mass is 16.5. The van der Waals surface area contributed by atoms with Crippen LogP contribution < -0.4 is 9.75 Å². The number of hydrogen-bond acceptors (Lipinski definition) is 6. The van der Waals surface area contributed by atoms with Gasteiger partial charge in [0.15, 0.2) is 5.82 Å². The van der Waals surface area contributed by atoms with Crippen LogP contribution in [-0.2, 0) is 4.74 Å². The Morgan fingerprint density at radius 2 is 2.21 bits per heavy atom. The molecule has 0 unspecified atom stereocenters. The fourth-order valence-corrected chi connectivity index (χ4v) is 3.05. The zero-order valence-electron chi connectivity index (χ0n) is 13.7. The van der Waals surface area contributed by atoms with Crippen molar-refractivity contribution in [3.63, 3.8) is 0 Å². The molecule has 3 heterocycles. The highest BCUT2D eigenvalue weighted by molar-refractivity contribution is 6.10. The van der Waals surface area contributed by atoms with E-state index in [9.17, 15) is 5.26 Å². The van der Waals surface area contributed by atoms with Gasteiger partial charge in [-0.15, -0.1) is 0 Å². The van der Waals surface area contributed by atoms with Crippen molar-refractivity contribution in [2.45, 2.75) is 19.4 Å². The SMILES string of the molecule is COc1cccc2c1N1N=C3COC(C)(C)C=C3C(C#N)=C1N=C2. The number of allylic oxidation sites excluding steroid dienone is 1. The van der Waals surface area contributed by atoms with Crippen LogP contribution >= 0.6 is 0 Å². The fraction of sp³-hybridized carbons (Fsp3) is 0.278. The van der Waals surface area contributed by atoms with Gasteiger partial charge in [-0.05, 0) is 26.0 Å². The van der Waals surface area contributed by atoms with Gasteiger partial charge < -0.3 is 9.47 Å². The molecule has 0 fully saturated rings. The van der Waals surface area contributed by atoms with Crippen LogP contribution in [0.15, 0.2) is 51.3 Å². The predicted molar refractivity (Wildman–Crippen MR) is 91.3 cm³/mol. The predicted octanol–water partition coefficient (Wildman–Crippen LogP) is 2.77. The van der Waals surface area contributed by atoms with E-state index in [2.05, 4.69) is 11.1 Å². The van der Waals surface area contributed by atoms with Gasteiger partial charge in [0.05, 0.1) is 25.0 Å². The third-order valence-corrected chi connectivity index (χ3v) is 4.20. The highest BCUT2D eigenvalue weighted by Crippen LogP contribution is 2.41. The zero-order chi connectivity index (χ0) is 16.9. The Hall–Kier alpha value is -2.91. The number of ether oxygens (including phenoxy) is 2. The molecule has 0 spiro atoms. The zero-order valence-corrected chi connectivity index (χ0v) is 13.7. The largest absolute Gasteiger partial charge is 0.494 e. The van der Waals surface area contributed by atoms with Crippen molar-refractivity contribution in [2.75, 3.05) is 18.7 Å². The number of fused-ring (bicyclic) bond motifs is 4. The summed E-state index contributed by atoms with van der Waals surface area (Å²) in [6.45, 7) is 4.28. The topological polar surface area (TPSA) is 70.2 Å². The second kappa shape index (κ2) is 5.05. The van der Waals surface area contributed by atoms with Crippen molar-refractivity contribution in [2.24, 2.45) is 10.1 Å². The second-order valence-electron chi connectivity index (χ2n) is 6.28. The summed E-state index contributed by atoms with van der Waals surface area (Å²) in [6.07, 6.45) is 3.68. The lowest BCUT2D eigenvalue weighted by Crippen LogP contribution is -2.38. The molecule has 0 saturated heterocycles. The average Bonchev–Trinajstić information content (AvgIpc) is 2.58. The van der Waals surface area contributed by atoms with E-state index in [1.54, 1.807) is 18.3 Å². The summed E-state index contributed by atoms with van der Waals surface area (Å²) < 4.78 is 11.3. The first-order chi connectivity index (χ1) is 11.5. The van der Waals surface area contributed by atoms with Gasteiger partial charge >= 0.3 is 0 Å². The van der Waals surface area contributed by atoms with Gasteiger partial charge in [-0.2, -0.15) is 10.4 Å². The van der Waals surface area contributed by atoms with Crippen LogP contribution in [0, 0.1) is 11.3 Å². The maximum absolute atomic E-state index is 9.74. The Morgan fingerprint density at radius 3 is 2.96 bits per heavy atom. The van der Waals surface area contributed by atoms with E-state index in [1.165, 1.54) is 0 Å². The minimum Gasteiger partial charge on any atom is -0.494 e. The summed E-state index contributed by atoms with van der Waals surface area (Å²) in [5, 5.41) is 16.1. The lowest BCUT2D eigenvalue weighted by molar-refractivity contribution is 0.0409. The van der Waals surface area contributed by atoms with Crippen LogP contribution in [0.1, 0.15) is 19.4 Å². The smallest absolute Gasteiger partial charge is 0.172 e. The van der Waals surface area contributed by atoms with Gasteiger partial charge in [-0.1, -0.05) is 12.1 Å². The van der Waals surface area contributed by atoms with Gasteiger partial charge in [0, 0.05) is 17.4 Å². The molecule has 6 nitrogen and oxygen atoms in total. The van der Waals surface area contributed by atoms with Gasteiger partial charge in [0.2, 0.25) is 0 Å². The summed E-state index contributed by atoms with van der Waals surface area (Å²) >= 11 is 0. The molecule has 3 aliphatic heterocycles. The fourth-order valence-electron chi connectivity index (χ4n) is 3.05. The molecule has 0 radical (unpaired) electrons. The number of benzene rings is 1. The molecule has 3 aliphatic rings. The molecule has 0 bridgehead atoms. The van der Waals surface area contributed by atoms with Crippen molar-refractivity contribution in [1.29, 1.82) is 5.26 Å². The van der Waals surface area contributed by atoms with E-state index in [-0.39, 0.29) is 0 Å². The Labute approximate surface area is 140 Å². The van der Waals surface area contributed by atoms with Crippen LogP contribution in [0.4, 0.5) is 5.69 Å². The van der Waals surface area contributed by atoms with Crippen LogP contribution in [-0.4, -0.2) is 31.2 Å². The second-order valence-corrected chi connectivity index (χ2v) is 6.28. The number of methoxy groups -OCH3 is 1. The molecule has 0 aliphatic carbocycles. The molecule has 0 amide bonds. The van der Waals surface area contributed by atoms with Gasteiger partial charge in [0.25, 0.3) is 0 Å². The monoisotopic (exact) mass is 320 g/mol. The van der Waals surface area contributed by atoms with E-state index in [4.69, 9.17) is 14.6 Å². The molecule has 0 atom stereocenters. The van der Waals surface area contributed by atoms with E-state index in [0.29, 0.717) is 23.8 Å². The number of nitriles is 1. The van der Waals surface area contributed by atoms with Crippen molar-refractivity contribution in [3.8, 4) is 11.8 Å². The molecule has 6 heteroatoms. The van der Waals surface area contributed by atoms with Crippen LogP contribution in [0.2, 0.25) is 0 Å². The third kappa shape index (κ3) is 2.06. The first-order valence-corrected chi connectivity index (χ1v) is 7.65. The first kappa shape index (κ1) is 14.7. The Morgan fingerprint density at radius 1 is 1.38 bits per heavy atom. The van der Waals surface area contributed by atoms with E-state index < -0.39 is 5.60 Å². The molecule has 1 aromatic rings. The van der Waals surface area contributed by atoms with Crippen LogP contribution in [0.3, 0.4) is 0 Å². The minimum atomic E-state index is -0.437. The highest BCUT2D eigenvalue weighted by Gasteiger charge is 2.36. The minimum absolute atomic E-state index is 0.349. The summed E-state index contributed by atoms with van der Waals surface area (Å²) in [4.78, 5) is 4.47. The number of rotatable bonds is 1. The maximum atomic E-state index is 9.74. The van der Waals surface area contributed by atoms with Crippen molar-refractivity contribution in [1.82, 2.24) is 0 Å². The van der Waals surface area contributed by atoms with Gasteiger partial charge in [0.1, 0.15) is 23.1 Å². The average molecular weight is 320 g/mol. The Kier molecular flexibility index (Phi) is 3.08. The molecule has 0 aromatic heterocycles. The molecule has 120 valence electrons. The van der Waals surface area contributed by atoms with Crippen LogP contribution in [0.25, 0.3) is 0 Å². The third-order valence-electron chi connectivity index (χ3n) is 4.20. The van der Waals surface area contributed by atoms with Crippen molar-refractivity contribution in [3.05, 3.63) is 46.8 Å². The number of nitrogens with zero attached hydrogens (tertiary/aromatic N) is 4. The summed E-state index contributed by atoms with van der Waals surface area (Å²) in [5.41, 5.74) is 3.27. The van der Waals surface area contributed by atoms with E-state index in [1.807, 2.05) is 38.1 Å². The van der Waals surface area contributed by atoms with Crippen molar-refractivity contribution >= 4 is 17.6 Å². The number of hydrazone groups is 1. The number of para-hydroxylation sites is 1. The molecule has 24 heavy (non-hydrogen) atoms. The first-order valence-electron chi connectivity index (χ1n) is 7.65. The molecule has 0 N–H and O–H groups in total. The Balaban J connectivity index is 1.97. The van der Waals surface area contributed by atoms with E-state index >= 15 is 0 Å². The molecular formula is C18H16N4O2. The Bertz CT molecular complexity index is 900. The number of anilines is 1. The lowest BCUT2D eigenvalue weighted by atomic mass is 9.92. The van der Waals surface area contributed by atoms with Gasteiger partial charge in [-0.25, -0.2) is 10.0 Å². The van der Waals surface area contributed by atoms with Crippen molar-refractivity contribution < 1.29 is 9.47 Å². The maximum Gasteiger partial charge on any atom is 0.172 e. The van der Waals surface area contributed by atoms with E-state index in [0.717, 1.165) is 22.5 Å². The molecule has 1 aromatic carbocycles. The lowest BCUT2D eigenvalue weighted by Gasteiger charge is -2.35. The summed E-state index contributed by atoms with van der Waals surface area (Å²) in [7, 11) is 1.62. The standard InChI is InChI=1S/C18H16N4O2/c1-18(2)7-12-13(8-19)17-20-9-11-5-4-6-15(23-3)16(11)22(17)21-14(12)10-24-18/h4-7,9H,10H2,1-3H3. The van der Waals surface area contributed by atoms with Crippen LogP contribution in [0.5, 0.6) is 5.75 Å². The molecule has 4 rings (SSSR count). The molecular weight excluding hydrogens is 304 g/mol. The van der Waals surface area contributed by atoms with Gasteiger partial charge in [-0.3, -0.25) is 0 Å². The number of hydrogen-bond donors (Lipinski definition) is 0. The summed E-state index contributed by atoms with van der Waals surface area (Å²) in [5.74, 6) is 1.20. The number of aliphatic imine (C=N–C) groups is 1. The molecule has 0 saturated carbocycles. The quantitative estimate of drug-likeness (QED) is 0.798.